The molecule has 1 aliphatic heterocycles. The number of methoxy groups -OCH3 is 1. The summed E-state index contributed by atoms with van der Waals surface area (Å²) in [6, 6.07) is 0. The molecule has 0 spiro atoms. The monoisotopic (exact) mass is 225 g/mol. The minimum atomic E-state index is -0.251. The number of hydrogen-bond acceptors (Lipinski definition) is 5. The quantitative estimate of drug-likeness (QED) is 0.799. The molecule has 0 aliphatic carbocycles. The van der Waals surface area contributed by atoms with Gasteiger partial charge in [0.05, 0.1) is 30.7 Å². The van der Waals surface area contributed by atoms with Gasteiger partial charge in [0, 0.05) is 13.5 Å². The normalized spacial score (nSPS) is 19.5. The standard InChI is InChI=1S/C10H15N3O3/c1-6-9(10(15-3)13(2)11-6)8-4-7(5-14)16-12-8/h7,14H,4-5H2,1-3H3. The van der Waals surface area contributed by atoms with Crippen molar-refractivity contribution < 1.29 is 14.7 Å². The van der Waals surface area contributed by atoms with Crippen LogP contribution in [0.15, 0.2) is 5.16 Å². The summed E-state index contributed by atoms with van der Waals surface area (Å²) < 4.78 is 6.95. The summed E-state index contributed by atoms with van der Waals surface area (Å²) in [7, 11) is 3.41. The first-order valence-corrected chi connectivity index (χ1v) is 5.08. The molecular weight excluding hydrogens is 210 g/mol. The van der Waals surface area contributed by atoms with Crippen molar-refractivity contribution in [2.45, 2.75) is 19.4 Å². The highest BCUT2D eigenvalue weighted by molar-refractivity contribution is 6.04. The average molecular weight is 225 g/mol. The zero-order chi connectivity index (χ0) is 11.7. The minimum absolute atomic E-state index is 0.0331. The van der Waals surface area contributed by atoms with E-state index in [4.69, 9.17) is 14.7 Å². The van der Waals surface area contributed by atoms with E-state index in [1.807, 2.05) is 14.0 Å². The number of nitrogens with zero attached hydrogens (tertiary/aromatic N) is 3. The Hall–Kier alpha value is -1.56. The Balaban J connectivity index is 2.34. The summed E-state index contributed by atoms with van der Waals surface area (Å²) in [5.74, 6) is 0.665. The fourth-order valence-electron chi connectivity index (χ4n) is 1.88. The van der Waals surface area contributed by atoms with Crippen molar-refractivity contribution in [3.63, 3.8) is 0 Å². The van der Waals surface area contributed by atoms with E-state index in [1.54, 1.807) is 11.8 Å². The number of rotatable bonds is 3. The molecule has 0 fully saturated rings. The molecule has 16 heavy (non-hydrogen) atoms. The second-order valence-corrected chi connectivity index (χ2v) is 3.75. The Bertz CT molecular complexity index is 425. The van der Waals surface area contributed by atoms with E-state index in [9.17, 15) is 0 Å². The van der Waals surface area contributed by atoms with Crippen molar-refractivity contribution in [3.8, 4) is 5.88 Å². The lowest BCUT2D eigenvalue weighted by Crippen LogP contribution is -2.13. The van der Waals surface area contributed by atoms with Crippen LogP contribution in [0.4, 0.5) is 0 Å². The maximum Gasteiger partial charge on any atom is 0.220 e. The molecule has 1 aliphatic rings. The van der Waals surface area contributed by atoms with Gasteiger partial charge in [0.2, 0.25) is 5.88 Å². The Morgan fingerprint density at radius 3 is 2.94 bits per heavy atom. The lowest BCUT2D eigenvalue weighted by Gasteiger charge is -2.04. The average Bonchev–Trinajstić information content (AvgIpc) is 2.82. The fraction of sp³-hybridized carbons (Fsp3) is 0.600. The SMILES string of the molecule is COc1c(C2=NOC(CO)C2)c(C)nn1C. The lowest BCUT2D eigenvalue weighted by molar-refractivity contribution is 0.0390. The molecule has 1 aromatic rings. The van der Waals surface area contributed by atoms with E-state index in [0.717, 1.165) is 17.0 Å². The van der Waals surface area contributed by atoms with Crippen molar-refractivity contribution in [3.05, 3.63) is 11.3 Å². The smallest absolute Gasteiger partial charge is 0.220 e. The Kier molecular flexibility index (Phi) is 2.82. The molecule has 0 saturated carbocycles. The molecule has 0 bridgehead atoms. The van der Waals surface area contributed by atoms with Crippen LogP contribution in [0.25, 0.3) is 0 Å². The molecule has 0 amide bonds. The van der Waals surface area contributed by atoms with E-state index in [1.165, 1.54) is 0 Å². The third kappa shape index (κ3) is 1.65. The summed E-state index contributed by atoms with van der Waals surface area (Å²) in [6.07, 6.45) is 0.332. The van der Waals surface area contributed by atoms with Gasteiger partial charge in [-0.05, 0) is 6.92 Å². The summed E-state index contributed by atoms with van der Waals surface area (Å²) >= 11 is 0. The molecule has 2 rings (SSSR count). The highest BCUT2D eigenvalue weighted by atomic mass is 16.6. The zero-order valence-corrected chi connectivity index (χ0v) is 9.60. The third-order valence-corrected chi connectivity index (χ3v) is 2.59. The number of aliphatic hydroxyl groups excluding tert-OH is 1. The fourth-order valence-corrected chi connectivity index (χ4v) is 1.88. The Labute approximate surface area is 93.5 Å². The van der Waals surface area contributed by atoms with Crippen LogP contribution in [-0.4, -0.2) is 40.4 Å². The predicted molar refractivity (Wildman–Crippen MR) is 57.6 cm³/mol. The van der Waals surface area contributed by atoms with Crippen LogP contribution < -0.4 is 4.74 Å². The van der Waals surface area contributed by atoms with Gasteiger partial charge >= 0.3 is 0 Å². The Morgan fingerprint density at radius 1 is 1.62 bits per heavy atom. The first kappa shape index (κ1) is 10.9. The first-order valence-electron chi connectivity index (χ1n) is 5.08. The van der Waals surface area contributed by atoms with Crippen LogP contribution in [-0.2, 0) is 11.9 Å². The Morgan fingerprint density at radius 2 is 2.38 bits per heavy atom. The van der Waals surface area contributed by atoms with E-state index >= 15 is 0 Å². The summed E-state index contributed by atoms with van der Waals surface area (Å²) in [5, 5.41) is 17.2. The van der Waals surface area contributed by atoms with Gasteiger partial charge in [-0.15, -0.1) is 0 Å². The summed E-state index contributed by atoms with van der Waals surface area (Å²) in [4.78, 5) is 5.08. The molecule has 6 heteroatoms. The molecule has 0 saturated heterocycles. The van der Waals surface area contributed by atoms with Crippen molar-refractivity contribution >= 4 is 5.71 Å². The van der Waals surface area contributed by atoms with Gasteiger partial charge < -0.3 is 14.7 Å². The van der Waals surface area contributed by atoms with Gasteiger partial charge in [-0.25, -0.2) is 4.68 Å². The van der Waals surface area contributed by atoms with Crippen molar-refractivity contribution in [2.24, 2.45) is 12.2 Å². The van der Waals surface area contributed by atoms with E-state index < -0.39 is 0 Å². The molecule has 1 atom stereocenters. The highest BCUT2D eigenvalue weighted by Gasteiger charge is 2.27. The number of aromatic nitrogens is 2. The van der Waals surface area contributed by atoms with Crippen LogP contribution in [0.5, 0.6) is 5.88 Å². The highest BCUT2D eigenvalue weighted by Crippen LogP contribution is 2.26. The van der Waals surface area contributed by atoms with Gasteiger partial charge in [-0.2, -0.15) is 5.10 Å². The van der Waals surface area contributed by atoms with Gasteiger partial charge in [0.1, 0.15) is 0 Å². The van der Waals surface area contributed by atoms with Crippen LogP contribution in [0.3, 0.4) is 0 Å². The first-order chi connectivity index (χ1) is 7.67. The number of ether oxygens (including phenoxy) is 1. The van der Waals surface area contributed by atoms with Gasteiger partial charge in [0.25, 0.3) is 0 Å². The van der Waals surface area contributed by atoms with Crippen molar-refractivity contribution in [2.75, 3.05) is 13.7 Å². The van der Waals surface area contributed by atoms with Gasteiger partial charge in [0.15, 0.2) is 6.10 Å². The molecular formula is C10H15N3O3. The second kappa shape index (κ2) is 4.13. The lowest BCUT2D eigenvalue weighted by atomic mass is 10.1. The van der Waals surface area contributed by atoms with E-state index in [2.05, 4.69) is 10.3 Å². The molecule has 1 unspecified atom stereocenters. The van der Waals surface area contributed by atoms with Crippen LogP contribution >= 0.6 is 0 Å². The number of aryl methyl sites for hydroxylation is 2. The van der Waals surface area contributed by atoms with Crippen molar-refractivity contribution in [1.82, 2.24) is 9.78 Å². The maximum atomic E-state index is 8.98. The molecule has 0 aromatic carbocycles. The molecule has 1 N–H and O–H groups in total. The molecule has 2 heterocycles. The summed E-state index contributed by atoms with van der Waals surface area (Å²) in [6.45, 7) is 1.86. The summed E-state index contributed by atoms with van der Waals surface area (Å²) in [5.41, 5.74) is 2.49. The largest absolute Gasteiger partial charge is 0.481 e. The van der Waals surface area contributed by atoms with E-state index in [0.29, 0.717) is 12.3 Å². The molecule has 0 radical (unpaired) electrons. The third-order valence-electron chi connectivity index (χ3n) is 2.59. The number of aliphatic hydroxyl groups is 1. The number of hydrogen-bond donors (Lipinski definition) is 1. The molecule has 1 aromatic heterocycles. The second-order valence-electron chi connectivity index (χ2n) is 3.75. The molecule has 6 nitrogen and oxygen atoms in total. The topological polar surface area (TPSA) is 68.9 Å². The number of oxime groups is 1. The van der Waals surface area contributed by atoms with Crippen LogP contribution in [0, 0.1) is 6.92 Å². The van der Waals surface area contributed by atoms with Crippen LogP contribution in [0.1, 0.15) is 17.7 Å². The zero-order valence-electron chi connectivity index (χ0n) is 9.60. The van der Waals surface area contributed by atoms with Crippen molar-refractivity contribution in [1.29, 1.82) is 0 Å². The van der Waals surface area contributed by atoms with Gasteiger partial charge in [-0.1, -0.05) is 5.16 Å². The van der Waals surface area contributed by atoms with E-state index in [-0.39, 0.29) is 12.7 Å². The maximum absolute atomic E-state index is 8.98. The van der Waals surface area contributed by atoms with Crippen LogP contribution in [0.2, 0.25) is 0 Å². The molecule has 88 valence electrons. The minimum Gasteiger partial charge on any atom is -0.481 e. The predicted octanol–water partition coefficient (Wildman–Crippen LogP) is 0.222. The van der Waals surface area contributed by atoms with Gasteiger partial charge in [-0.3, -0.25) is 0 Å².